The Labute approximate surface area is 207 Å². The third kappa shape index (κ3) is 6.01. The third-order valence-electron chi connectivity index (χ3n) is 6.06. The van der Waals surface area contributed by atoms with Gasteiger partial charge in [0.05, 0.1) is 33.4 Å². The van der Waals surface area contributed by atoms with Crippen LogP contribution >= 0.6 is 0 Å². The number of halogens is 1. The summed E-state index contributed by atoms with van der Waals surface area (Å²) in [4.78, 5) is 44.0. The van der Waals surface area contributed by atoms with E-state index in [4.69, 9.17) is 14.2 Å². The predicted molar refractivity (Wildman–Crippen MR) is 129 cm³/mol. The average Bonchev–Trinajstić information content (AvgIpc) is 3.23. The minimum atomic E-state index is -0.508. The van der Waals surface area contributed by atoms with Crippen molar-refractivity contribution >= 4 is 28.7 Å². The normalized spacial score (nSPS) is 16.2. The first-order valence-corrected chi connectivity index (χ1v) is 11.5. The molecule has 1 N–H and O–H groups in total. The van der Waals surface area contributed by atoms with Crippen molar-refractivity contribution in [1.82, 2.24) is 14.8 Å². The molecule has 1 saturated heterocycles. The van der Waals surface area contributed by atoms with Gasteiger partial charge in [-0.3, -0.25) is 14.4 Å². The molecule has 10 heteroatoms. The van der Waals surface area contributed by atoms with Gasteiger partial charge in [0, 0.05) is 30.5 Å². The van der Waals surface area contributed by atoms with Gasteiger partial charge in [0.15, 0.2) is 0 Å². The SMILES string of the molecule is COC(=O)CCN1CC(OCc2cccc(OC)c2)CN(C(=O)c2cc3cc(F)ccc3[nH]2)CC1=O. The summed E-state index contributed by atoms with van der Waals surface area (Å²) < 4.78 is 29.7. The van der Waals surface area contributed by atoms with Crippen LogP contribution in [0.3, 0.4) is 0 Å². The second kappa shape index (κ2) is 11.2. The van der Waals surface area contributed by atoms with Gasteiger partial charge in [-0.25, -0.2) is 4.39 Å². The molecule has 0 radical (unpaired) electrons. The zero-order valence-corrected chi connectivity index (χ0v) is 20.2. The van der Waals surface area contributed by atoms with E-state index >= 15 is 0 Å². The van der Waals surface area contributed by atoms with E-state index in [9.17, 15) is 18.8 Å². The van der Waals surface area contributed by atoms with Crippen LogP contribution in [-0.4, -0.2) is 79.1 Å². The van der Waals surface area contributed by atoms with E-state index in [0.29, 0.717) is 16.7 Å². The highest BCUT2D eigenvalue weighted by atomic mass is 19.1. The molecule has 1 unspecified atom stereocenters. The van der Waals surface area contributed by atoms with Crippen molar-refractivity contribution in [3.63, 3.8) is 0 Å². The molecule has 1 atom stereocenters. The quantitative estimate of drug-likeness (QED) is 0.481. The highest BCUT2D eigenvalue weighted by Gasteiger charge is 2.32. The van der Waals surface area contributed by atoms with Gasteiger partial charge in [-0.15, -0.1) is 0 Å². The molecular weight excluding hydrogens is 469 g/mol. The van der Waals surface area contributed by atoms with Gasteiger partial charge in [-0.05, 0) is 42.0 Å². The minimum Gasteiger partial charge on any atom is -0.497 e. The van der Waals surface area contributed by atoms with E-state index in [1.165, 1.54) is 29.0 Å². The predicted octanol–water partition coefficient (Wildman–Crippen LogP) is 2.75. The Hall–Kier alpha value is -3.92. The van der Waals surface area contributed by atoms with Crippen LogP contribution in [0.5, 0.6) is 5.75 Å². The largest absolute Gasteiger partial charge is 0.497 e. The number of carbonyl (C=O) groups is 3. The Morgan fingerprint density at radius 3 is 2.72 bits per heavy atom. The molecule has 2 aromatic carbocycles. The first kappa shape index (κ1) is 25.2. The molecule has 9 nitrogen and oxygen atoms in total. The lowest BCUT2D eigenvalue weighted by molar-refractivity contribution is -0.142. The number of fused-ring (bicyclic) bond motifs is 1. The van der Waals surface area contributed by atoms with Crippen molar-refractivity contribution in [1.29, 1.82) is 0 Å². The molecule has 1 aromatic heterocycles. The summed E-state index contributed by atoms with van der Waals surface area (Å²) in [5.74, 6) is -0.845. The maximum atomic E-state index is 13.6. The summed E-state index contributed by atoms with van der Waals surface area (Å²) >= 11 is 0. The highest BCUT2D eigenvalue weighted by Crippen LogP contribution is 2.20. The number of hydrogen-bond acceptors (Lipinski definition) is 6. The molecule has 3 aromatic rings. The molecular formula is C26H28FN3O6. The zero-order chi connectivity index (χ0) is 25.7. The molecule has 0 saturated carbocycles. The van der Waals surface area contributed by atoms with Crippen LogP contribution < -0.4 is 4.74 Å². The number of methoxy groups -OCH3 is 2. The van der Waals surface area contributed by atoms with Crippen molar-refractivity contribution in [2.75, 3.05) is 40.4 Å². The smallest absolute Gasteiger partial charge is 0.307 e. The van der Waals surface area contributed by atoms with E-state index in [2.05, 4.69) is 4.98 Å². The second-order valence-electron chi connectivity index (χ2n) is 8.55. The Morgan fingerprint density at radius 1 is 1.11 bits per heavy atom. The van der Waals surface area contributed by atoms with E-state index in [0.717, 1.165) is 5.56 Å². The number of aromatic nitrogens is 1. The highest BCUT2D eigenvalue weighted by molar-refractivity contribution is 5.99. The van der Waals surface area contributed by atoms with Gasteiger partial charge in [0.1, 0.15) is 23.8 Å². The molecule has 1 fully saturated rings. The number of rotatable bonds is 8. The van der Waals surface area contributed by atoms with E-state index in [1.807, 2.05) is 24.3 Å². The summed E-state index contributed by atoms with van der Waals surface area (Å²) in [5, 5.41) is 0.560. The maximum absolute atomic E-state index is 13.6. The van der Waals surface area contributed by atoms with E-state index < -0.39 is 23.8 Å². The van der Waals surface area contributed by atoms with Crippen LogP contribution in [-0.2, 0) is 25.7 Å². The lowest BCUT2D eigenvalue weighted by Gasteiger charge is -2.24. The van der Waals surface area contributed by atoms with Crippen LogP contribution in [0.2, 0.25) is 0 Å². The number of ether oxygens (including phenoxy) is 3. The first-order valence-electron chi connectivity index (χ1n) is 11.5. The van der Waals surface area contributed by atoms with Crippen molar-refractivity contribution in [3.05, 3.63) is 65.6 Å². The molecule has 1 aliphatic rings. The second-order valence-corrected chi connectivity index (χ2v) is 8.55. The standard InChI is InChI=1S/C26H28FN3O6/c1-34-20-5-3-4-17(10-20)16-36-21-13-29(9-8-25(32)35-2)24(31)15-30(14-21)26(33)23-12-18-11-19(27)6-7-22(18)28-23/h3-7,10-12,21,28H,8-9,13-16H2,1-2H3. The Morgan fingerprint density at radius 2 is 1.94 bits per heavy atom. The molecule has 36 heavy (non-hydrogen) atoms. The Kier molecular flexibility index (Phi) is 7.84. The van der Waals surface area contributed by atoms with Gasteiger partial charge in [0.25, 0.3) is 5.91 Å². The van der Waals surface area contributed by atoms with Crippen LogP contribution in [0, 0.1) is 5.82 Å². The first-order chi connectivity index (χ1) is 17.4. The molecule has 190 valence electrons. The van der Waals surface area contributed by atoms with Crippen LogP contribution in [0.15, 0.2) is 48.5 Å². The number of nitrogens with one attached hydrogen (secondary N) is 1. The van der Waals surface area contributed by atoms with Crippen molar-refractivity contribution in [2.45, 2.75) is 19.1 Å². The van der Waals surface area contributed by atoms with Crippen molar-refractivity contribution < 1.29 is 33.0 Å². The molecule has 4 rings (SSSR count). The van der Waals surface area contributed by atoms with Crippen LogP contribution in [0.25, 0.3) is 10.9 Å². The van der Waals surface area contributed by atoms with Gasteiger partial charge in [0.2, 0.25) is 5.91 Å². The average molecular weight is 498 g/mol. The number of benzene rings is 2. The molecule has 2 heterocycles. The third-order valence-corrected chi connectivity index (χ3v) is 6.06. The Bertz CT molecular complexity index is 1260. The fourth-order valence-electron chi connectivity index (χ4n) is 4.15. The van der Waals surface area contributed by atoms with Crippen molar-refractivity contribution in [2.24, 2.45) is 0 Å². The summed E-state index contributed by atoms with van der Waals surface area (Å²) in [6.45, 7) is 0.587. The fourth-order valence-corrected chi connectivity index (χ4v) is 4.15. The van der Waals surface area contributed by atoms with Crippen molar-refractivity contribution in [3.8, 4) is 5.75 Å². The number of nitrogens with zero attached hydrogens (tertiary/aromatic N) is 2. The molecule has 0 bridgehead atoms. The van der Waals surface area contributed by atoms with Gasteiger partial charge < -0.3 is 29.0 Å². The van der Waals surface area contributed by atoms with E-state index in [-0.39, 0.29) is 50.8 Å². The lowest BCUT2D eigenvalue weighted by Crippen LogP contribution is -2.40. The fraction of sp³-hybridized carbons (Fsp3) is 0.346. The molecule has 1 aliphatic heterocycles. The van der Waals surface area contributed by atoms with Crippen LogP contribution in [0.4, 0.5) is 4.39 Å². The van der Waals surface area contributed by atoms with Gasteiger partial charge in [-0.1, -0.05) is 12.1 Å². The molecule has 0 spiro atoms. The summed E-state index contributed by atoms with van der Waals surface area (Å²) in [6.07, 6.45) is -0.474. The minimum absolute atomic E-state index is 0.0341. The summed E-state index contributed by atoms with van der Waals surface area (Å²) in [6, 6.07) is 13.2. The van der Waals surface area contributed by atoms with E-state index in [1.54, 1.807) is 19.2 Å². The number of amides is 2. The maximum Gasteiger partial charge on any atom is 0.307 e. The summed E-state index contributed by atoms with van der Waals surface area (Å²) in [5.41, 5.74) is 1.74. The monoisotopic (exact) mass is 497 g/mol. The lowest BCUT2D eigenvalue weighted by atomic mass is 10.2. The number of esters is 1. The number of H-pyrrole nitrogens is 1. The van der Waals surface area contributed by atoms with Gasteiger partial charge in [-0.2, -0.15) is 0 Å². The number of carbonyl (C=O) groups excluding carboxylic acids is 3. The number of aromatic amines is 1. The zero-order valence-electron chi connectivity index (χ0n) is 20.2. The van der Waals surface area contributed by atoms with Crippen LogP contribution in [0.1, 0.15) is 22.5 Å². The summed E-state index contributed by atoms with van der Waals surface area (Å²) in [7, 11) is 2.87. The molecule has 0 aliphatic carbocycles. The molecule has 2 amide bonds. The number of hydrogen-bond donors (Lipinski definition) is 1. The topological polar surface area (TPSA) is 101 Å². The van der Waals surface area contributed by atoms with Gasteiger partial charge >= 0.3 is 5.97 Å². The Balaban J connectivity index is 1.53.